The van der Waals surface area contributed by atoms with E-state index in [0.29, 0.717) is 0 Å². The van der Waals surface area contributed by atoms with Gasteiger partial charge in [0, 0.05) is 6.42 Å². The van der Waals surface area contributed by atoms with Gasteiger partial charge in [-0.2, -0.15) is 8.42 Å². The molecule has 0 saturated carbocycles. The molecule has 0 aliphatic carbocycles. The van der Waals surface area contributed by atoms with Crippen LogP contribution in [0.1, 0.15) is 13.3 Å². The number of hydrogen-bond donors (Lipinski definition) is 2. The molecule has 0 spiro atoms. The largest absolute Gasteiger partial charge is 0.481 e. The standard InChI is InChI=1S/C3H6O2.CH4O4S/c1-2-3(4)5;1-5-6(2,3)4/h2H2,1H3,(H,4,5);1H3,(H,2,3,4). The summed E-state index contributed by atoms with van der Waals surface area (Å²) in [6.07, 6.45) is 0.222. The molecule has 7 heteroatoms. The van der Waals surface area contributed by atoms with E-state index in [0.717, 1.165) is 7.11 Å². The first-order chi connectivity index (χ1) is 4.83. The van der Waals surface area contributed by atoms with Gasteiger partial charge in [-0.3, -0.25) is 13.5 Å². The zero-order valence-corrected chi connectivity index (χ0v) is 6.96. The molecule has 0 rings (SSSR count). The van der Waals surface area contributed by atoms with Crippen molar-refractivity contribution in [1.82, 2.24) is 0 Å². The van der Waals surface area contributed by atoms with Crippen molar-refractivity contribution in [3.05, 3.63) is 0 Å². The number of hydrogen-bond acceptors (Lipinski definition) is 4. The van der Waals surface area contributed by atoms with E-state index >= 15 is 0 Å². The van der Waals surface area contributed by atoms with Crippen LogP contribution in [0.3, 0.4) is 0 Å². The molecule has 0 saturated heterocycles. The van der Waals surface area contributed by atoms with Crippen LogP contribution in [0.2, 0.25) is 0 Å². The molecule has 0 radical (unpaired) electrons. The summed E-state index contributed by atoms with van der Waals surface area (Å²) in [6.45, 7) is 1.60. The van der Waals surface area contributed by atoms with Crippen molar-refractivity contribution in [3.8, 4) is 0 Å². The van der Waals surface area contributed by atoms with Gasteiger partial charge in [-0.1, -0.05) is 6.92 Å². The quantitative estimate of drug-likeness (QED) is 0.585. The van der Waals surface area contributed by atoms with Gasteiger partial charge >= 0.3 is 16.4 Å². The summed E-state index contributed by atoms with van der Waals surface area (Å²) in [7, 11) is -3.29. The zero-order valence-electron chi connectivity index (χ0n) is 6.14. The molecule has 0 amide bonds. The molecule has 68 valence electrons. The normalized spacial score (nSPS) is 9.73. The molecule has 0 aromatic heterocycles. The van der Waals surface area contributed by atoms with Crippen molar-refractivity contribution in [3.63, 3.8) is 0 Å². The van der Waals surface area contributed by atoms with E-state index in [4.69, 9.17) is 9.66 Å². The molecule has 0 heterocycles. The Kier molecular flexibility index (Phi) is 7.16. The first-order valence-electron chi connectivity index (χ1n) is 2.58. The minimum absolute atomic E-state index is 0.222. The lowest BCUT2D eigenvalue weighted by Crippen LogP contribution is -1.96. The fraction of sp³-hybridized carbons (Fsp3) is 0.750. The van der Waals surface area contributed by atoms with Crippen LogP contribution >= 0.6 is 0 Å². The Morgan fingerprint density at radius 2 is 1.73 bits per heavy atom. The first kappa shape index (κ1) is 13.0. The van der Waals surface area contributed by atoms with Crippen LogP contribution in [-0.4, -0.2) is 31.2 Å². The van der Waals surface area contributed by atoms with Crippen LogP contribution in [0.25, 0.3) is 0 Å². The summed E-state index contributed by atoms with van der Waals surface area (Å²) >= 11 is 0. The Balaban J connectivity index is 0. The Labute approximate surface area is 64.7 Å². The topological polar surface area (TPSA) is 101 Å². The fourth-order valence-corrected chi connectivity index (χ4v) is 0. The lowest BCUT2D eigenvalue weighted by molar-refractivity contribution is -0.136. The molecule has 0 aromatic carbocycles. The highest BCUT2D eigenvalue weighted by atomic mass is 32.3. The second-order valence-corrected chi connectivity index (χ2v) is 2.53. The predicted molar refractivity (Wildman–Crippen MR) is 36.5 cm³/mol. The lowest BCUT2D eigenvalue weighted by atomic mass is 10.5. The van der Waals surface area contributed by atoms with E-state index in [2.05, 4.69) is 4.18 Å². The fourth-order valence-electron chi connectivity index (χ4n) is 0. The number of carboxylic acid groups (broad SMARTS) is 1. The zero-order chi connectivity index (χ0) is 9.49. The van der Waals surface area contributed by atoms with E-state index in [1.54, 1.807) is 6.92 Å². The third-order valence-corrected chi connectivity index (χ3v) is 0.934. The highest BCUT2D eigenvalue weighted by Crippen LogP contribution is 1.74. The third kappa shape index (κ3) is 26.7. The Bertz CT molecular complexity index is 193. The smallest absolute Gasteiger partial charge is 0.397 e. The van der Waals surface area contributed by atoms with Crippen molar-refractivity contribution in [2.24, 2.45) is 0 Å². The molecule has 0 fully saturated rings. The monoisotopic (exact) mass is 186 g/mol. The molecular formula is C4H10O6S. The van der Waals surface area contributed by atoms with Crippen LogP contribution in [0.5, 0.6) is 0 Å². The maximum atomic E-state index is 9.37. The molecule has 0 bridgehead atoms. The summed E-state index contributed by atoms with van der Waals surface area (Å²) < 4.78 is 29.7. The van der Waals surface area contributed by atoms with E-state index in [9.17, 15) is 13.2 Å². The number of carbonyl (C=O) groups is 1. The molecule has 0 unspecified atom stereocenters. The van der Waals surface area contributed by atoms with Crippen LogP contribution < -0.4 is 0 Å². The first-order valence-corrected chi connectivity index (χ1v) is 3.94. The predicted octanol–water partition coefficient (Wildman–Crippen LogP) is -0.0834. The van der Waals surface area contributed by atoms with Crippen molar-refractivity contribution < 1.29 is 27.1 Å². The SMILES string of the molecule is CCC(=O)O.COS(=O)(=O)O. The summed E-state index contributed by atoms with van der Waals surface area (Å²) in [5, 5.41) is 7.72. The van der Waals surface area contributed by atoms with Crippen molar-refractivity contribution in [1.29, 1.82) is 0 Å². The van der Waals surface area contributed by atoms with Gasteiger partial charge in [0.1, 0.15) is 0 Å². The molecular weight excluding hydrogens is 176 g/mol. The van der Waals surface area contributed by atoms with Gasteiger partial charge in [0.2, 0.25) is 0 Å². The lowest BCUT2D eigenvalue weighted by Gasteiger charge is -1.82. The van der Waals surface area contributed by atoms with E-state index in [1.807, 2.05) is 0 Å². The van der Waals surface area contributed by atoms with Gasteiger partial charge in [-0.05, 0) is 0 Å². The number of carboxylic acids is 1. The van der Waals surface area contributed by atoms with Crippen molar-refractivity contribution in [2.75, 3.05) is 7.11 Å². The van der Waals surface area contributed by atoms with Crippen molar-refractivity contribution >= 4 is 16.4 Å². The van der Waals surface area contributed by atoms with Crippen LogP contribution in [-0.2, 0) is 19.4 Å². The van der Waals surface area contributed by atoms with E-state index in [-0.39, 0.29) is 6.42 Å². The van der Waals surface area contributed by atoms with Gasteiger partial charge in [-0.25, -0.2) is 0 Å². The summed E-state index contributed by atoms with van der Waals surface area (Å²) in [6, 6.07) is 0. The number of rotatable bonds is 2. The molecule has 2 N–H and O–H groups in total. The average Bonchev–Trinajstić information content (AvgIpc) is 1.88. The summed E-state index contributed by atoms with van der Waals surface area (Å²) in [4.78, 5) is 9.37. The average molecular weight is 186 g/mol. The highest BCUT2D eigenvalue weighted by molar-refractivity contribution is 7.80. The molecule has 0 aliphatic rings. The molecule has 6 nitrogen and oxygen atoms in total. The summed E-state index contributed by atoms with van der Waals surface area (Å²) in [5.41, 5.74) is 0. The third-order valence-electron chi connectivity index (χ3n) is 0.513. The van der Waals surface area contributed by atoms with Crippen LogP contribution in [0, 0.1) is 0 Å². The number of aliphatic carboxylic acids is 1. The summed E-state index contributed by atoms with van der Waals surface area (Å²) in [5.74, 6) is -0.745. The van der Waals surface area contributed by atoms with Gasteiger partial charge in [-0.15, -0.1) is 0 Å². The van der Waals surface area contributed by atoms with Gasteiger partial charge in [0.05, 0.1) is 7.11 Å². The molecule has 0 aliphatic heterocycles. The maximum absolute atomic E-state index is 9.37. The second-order valence-electron chi connectivity index (χ2n) is 1.34. The maximum Gasteiger partial charge on any atom is 0.397 e. The van der Waals surface area contributed by atoms with Crippen LogP contribution in [0.15, 0.2) is 0 Å². The van der Waals surface area contributed by atoms with Crippen molar-refractivity contribution in [2.45, 2.75) is 13.3 Å². The second kappa shape index (κ2) is 6.08. The van der Waals surface area contributed by atoms with E-state index < -0.39 is 16.4 Å². The van der Waals surface area contributed by atoms with Gasteiger partial charge in [0.25, 0.3) is 0 Å². The molecule has 0 aromatic rings. The minimum Gasteiger partial charge on any atom is -0.481 e. The molecule has 11 heavy (non-hydrogen) atoms. The molecule has 0 atom stereocenters. The Morgan fingerprint density at radius 3 is 1.73 bits per heavy atom. The van der Waals surface area contributed by atoms with Gasteiger partial charge in [0.15, 0.2) is 0 Å². The van der Waals surface area contributed by atoms with Gasteiger partial charge < -0.3 is 5.11 Å². The Hall–Kier alpha value is -0.660. The van der Waals surface area contributed by atoms with Crippen LogP contribution in [0.4, 0.5) is 0 Å². The minimum atomic E-state index is -4.16. The Morgan fingerprint density at radius 1 is 1.55 bits per heavy atom. The van der Waals surface area contributed by atoms with E-state index in [1.165, 1.54) is 0 Å². The highest BCUT2D eigenvalue weighted by Gasteiger charge is 1.94.